The predicted molar refractivity (Wildman–Crippen MR) is 64.2 cm³/mol. The summed E-state index contributed by atoms with van der Waals surface area (Å²) in [4.78, 5) is 12.5. The van der Waals surface area contributed by atoms with Crippen LogP contribution in [0, 0.1) is 0 Å². The monoisotopic (exact) mass is 287 g/mol. The molecule has 0 spiro atoms. The summed E-state index contributed by atoms with van der Waals surface area (Å²) in [6.07, 6.45) is 1.68. The van der Waals surface area contributed by atoms with Crippen molar-refractivity contribution in [3.63, 3.8) is 0 Å². The number of carboxylic acids is 1. The smallest absolute Gasteiger partial charge is 0.317 e. The van der Waals surface area contributed by atoms with Gasteiger partial charge in [-0.05, 0) is 35.0 Å². The number of rotatable bonds is 6. The highest BCUT2D eigenvalue weighted by atomic mass is 79.9. The van der Waals surface area contributed by atoms with E-state index in [0.717, 1.165) is 5.76 Å². The fourth-order valence-electron chi connectivity index (χ4n) is 1.43. The van der Waals surface area contributed by atoms with Gasteiger partial charge < -0.3 is 9.52 Å². The number of hydrogen-bond donors (Lipinski definition) is 1. The van der Waals surface area contributed by atoms with E-state index in [1.165, 1.54) is 0 Å². The Morgan fingerprint density at radius 1 is 1.75 bits per heavy atom. The maximum Gasteiger partial charge on any atom is 0.317 e. The maximum atomic E-state index is 10.7. The molecule has 0 bridgehead atoms. The molecule has 1 unspecified atom stereocenters. The lowest BCUT2D eigenvalue weighted by molar-refractivity contribution is -0.138. The first-order chi connectivity index (χ1) is 7.54. The van der Waals surface area contributed by atoms with Crippen LogP contribution in [0.4, 0.5) is 0 Å². The van der Waals surface area contributed by atoms with Crippen molar-refractivity contribution in [2.24, 2.45) is 0 Å². The molecule has 1 N–H and O–H groups in total. The largest absolute Gasteiger partial charge is 0.480 e. The van der Waals surface area contributed by atoms with Gasteiger partial charge in [0.15, 0.2) is 4.67 Å². The predicted octanol–water partition coefficient (Wildman–Crippen LogP) is 2.68. The molecule has 4 nitrogen and oxygen atoms in total. The van der Waals surface area contributed by atoms with Gasteiger partial charge in [0.2, 0.25) is 0 Å². The molecule has 1 heterocycles. The minimum absolute atomic E-state index is 0.0362. The third kappa shape index (κ3) is 3.50. The fraction of sp³-hybridized carbons (Fsp3) is 0.364. The van der Waals surface area contributed by atoms with Gasteiger partial charge in [-0.2, -0.15) is 0 Å². The molecular weight excluding hydrogens is 274 g/mol. The van der Waals surface area contributed by atoms with E-state index in [0.29, 0.717) is 11.2 Å². The van der Waals surface area contributed by atoms with Crippen molar-refractivity contribution in [3.8, 4) is 0 Å². The van der Waals surface area contributed by atoms with Gasteiger partial charge in [0.05, 0.1) is 12.6 Å². The molecule has 0 fully saturated rings. The Balaban J connectivity index is 2.77. The lowest BCUT2D eigenvalue weighted by Gasteiger charge is -2.24. The first-order valence-corrected chi connectivity index (χ1v) is 5.66. The lowest BCUT2D eigenvalue weighted by atomic mass is 10.2. The molecule has 5 heteroatoms. The maximum absolute atomic E-state index is 10.7. The second-order valence-electron chi connectivity index (χ2n) is 3.43. The number of halogens is 1. The average Bonchev–Trinajstić information content (AvgIpc) is 2.62. The lowest BCUT2D eigenvalue weighted by Crippen LogP contribution is -2.32. The van der Waals surface area contributed by atoms with E-state index in [1.54, 1.807) is 17.0 Å². The molecule has 0 aliphatic heterocycles. The van der Waals surface area contributed by atoms with Gasteiger partial charge in [-0.15, -0.1) is 6.58 Å². The van der Waals surface area contributed by atoms with E-state index < -0.39 is 5.97 Å². The molecule has 0 aliphatic carbocycles. The highest BCUT2D eigenvalue weighted by molar-refractivity contribution is 9.10. The SMILES string of the molecule is C=CCN(CC(=O)O)C(C)c1ccc(Br)o1. The van der Waals surface area contributed by atoms with Gasteiger partial charge in [-0.25, -0.2) is 0 Å². The van der Waals surface area contributed by atoms with Gasteiger partial charge in [0.1, 0.15) is 5.76 Å². The van der Waals surface area contributed by atoms with E-state index in [-0.39, 0.29) is 12.6 Å². The Labute approximate surface area is 103 Å². The molecule has 0 amide bonds. The highest BCUT2D eigenvalue weighted by Gasteiger charge is 2.19. The Morgan fingerprint density at radius 3 is 2.88 bits per heavy atom. The number of carboxylic acid groups (broad SMARTS) is 1. The van der Waals surface area contributed by atoms with Crippen molar-refractivity contribution in [3.05, 3.63) is 35.2 Å². The van der Waals surface area contributed by atoms with Crippen molar-refractivity contribution in [1.29, 1.82) is 0 Å². The average molecular weight is 288 g/mol. The molecule has 0 radical (unpaired) electrons. The van der Waals surface area contributed by atoms with Crippen LogP contribution in [0.5, 0.6) is 0 Å². The van der Waals surface area contributed by atoms with Gasteiger partial charge in [-0.3, -0.25) is 9.69 Å². The first kappa shape index (κ1) is 13.0. The summed E-state index contributed by atoms with van der Waals surface area (Å²) in [6, 6.07) is 3.52. The second-order valence-corrected chi connectivity index (χ2v) is 4.21. The minimum Gasteiger partial charge on any atom is -0.480 e. The van der Waals surface area contributed by atoms with E-state index in [9.17, 15) is 4.79 Å². The summed E-state index contributed by atoms with van der Waals surface area (Å²) in [5.41, 5.74) is 0. The van der Waals surface area contributed by atoms with Crippen LogP contribution in [0.3, 0.4) is 0 Å². The third-order valence-electron chi connectivity index (χ3n) is 2.26. The Kier molecular flexibility index (Phi) is 4.76. The van der Waals surface area contributed by atoms with Crippen LogP contribution in [0.2, 0.25) is 0 Å². The van der Waals surface area contributed by atoms with Crippen LogP contribution in [0.25, 0.3) is 0 Å². The van der Waals surface area contributed by atoms with Crippen molar-refractivity contribution in [2.45, 2.75) is 13.0 Å². The molecule has 0 saturated heterocycles. The zero-order valence-corrected chi connectivity index (χ0v) is 10.6. The molecule has 0 aliphatic rings. The molecule has 16 heavy (non-hydrogen) atoms. The van der Waals surface area contributed by atoms with Gasteiger partial charge in [0.25, 0.3) is 0 Å². The zero-order chi connectivity index (χ0) is 12.1. The summed E-state index contributed by atoms with van der Waals surface area (Å²) in [6.45, 7) is 5.98. The van der Waals surface area contributed by atoms with Crippen LogP contribution in [-0.2, 0) is 4.79 Å². The summed E-state index contributed by atoms with van der Waals surface area (Å²) >= 11 is 3.22. The van der Waals surface area contributed by atoms with Crippen LogP contribution >= 0.6 is 15.9 Å². The van der Waals surface area contributed by atoms with Crippen molar-refractivity contribution < 1.29 is 14.3 Å². The third-order valence-corrected chi connectivity index (χ3v) is 2.68. The molecule has 1 aromatic heterocycles. The number of hydrogen-bond acceptors (Lipinski definition) is 3. The van der Waals surface area contributed by atoms with Gasteiger partial charge in [-0.1, -0.05) is 6.08 Å². The zero-order valence-electron chi connectivity index (χ0n) is 9.02. The van der Waals surface area contributed by atoms with Gasteiger partial charge in [0, 0.05) is 6.54 Å². The quantitative estimate of drug-likeness (QED) is 0.818. The van der Waals surface area contributed by atoms with Crippen molar-refractivity contribution in [2.75, 3.05) is 13.1 Å². The molecular formula is C11H14BrNO3. The molecule has 88 valence electrons. The Hall–Kier alpha value is -1.07. The molecule has 1 atom stereocenters. The summed E-state index contributed by atoms with van der Waals surface area (Å²) in [7, 11) is 0. The number of carbonyl (C=O) groups is 1. The van der Waals surface area contributed by atoms with Crippen LogP contribution in [0.1, 0.15) is 18.7 Å². The highest BCUT2D eigenvalue weighted by Crippen LogP contribution is 2.24. The van der Waals surface area contributed by atoms with Crippen LogP contribution in [-0.4, -0.2) is 29.1 Å². The molecule has 1 aromatic rings. The van der Waals surface area contributed by atoms with Crippen LogP contribution < -0.4 is 0 Å². The molecule has 1 rings (SSSR count). The van der Waals surface area contributed by atoms with E-state index in [4.69, 9.17) is 9.52 Å². The van der Waals surface area contributed by atoms with Gasteiger partial charge >= 0.3 is 5.97 Å². The standard InChI is InChI=1S/C11H14BrNO3/c1-3-6-13(7-11(14)15)8(2)9-4-5-10(12)16-9/h3-5,8H,1,6-7H2,2H3,(H,14,15). The summed E-state index contributed by atoms with van der Waals surface area (Å²) in [5, 5.41) is 8.80. The normalized spacial score (nSPS) is 12.7. The summed E-state index contributed by atoms with van der Waals surface area (Å²) < 4.78 is 6.04. The van der Waals surface area contributed by atoms with E-state index in [1.807, 2.05) is 13.0 Å². The molecule has 0 aromatic carbocycles. The number of nitrogens with zero attached hydrogens (tertiary/aromatic N) is 1. The Morgan fingerprint density at radius 2 is 2.44 bits per heavy atom. The first-order valence-electron chi connectivity index (χ1n) is 4.86. The second kappa shape index (κ2) is 5.86. The van der Waals surface area contributed by atoms with Crippen LogP contribution in [0.15, 0.2) is 33.9 Å². The van der Waals surface area contributed by atoms with E-state index >= 15 is 0 Å². The van der Waals surface area contributed by atoms with Crippen molar-refractivity contribution in [1.82, 2.24) is 4.90 Å². The topological polar surface area (TPSA) is 53.7 Å². The Bertz CT molecular complexity index is 375. The van der Waals surface area contributed by atoms with E-state index in [2.05, 4.69) is 22.5 Å². The summed E-state index contributed by atoms with van der Waals surface area (Å²) in [5.74, 6) is -0.130. The number of furan rings is 1. The fourth-order valence-corrected chi connectivity index (χ4v) is 1.75. The van der Waals surface area contributed by atoms with Crippen molar-refractivity contribution >= 4 is 21.9 Å². The molecule has 0 saturated carbocycles. The minimum atomic E-state index is -0.862. The number of aliphatic carboxylic acids is 1.